The third-order valence-electron chi connectivity index (χ3n) is 3.57. The van der Waals surface area contributed by atoms with Crippen LogP contribution in [0, 0.1) is 6.92 Å². The summed E-state index contributed by atoms with van der Waals surface area (Å²) < 4.78 is 0. The van der Waals surface area contributed by atoms with Crippen LogP contribution in [0.3, 0.4) is 0 Å². The number of hydrogen-bond acceptors (Lipinski definition) is 3. The van der Waals surface area contributed by atoms with Gasteiger partial charge in [-0.15, -0.1) is 0 Å². The van der Waals surface area contributed by atoms with Crippen LogP contribution in [0.2, 0.25) is 0 Å². The number of pyridine rings is 1. The Labute approximate surface area is 104 Å². The first-order chi connectivity index (χ1) is 7.98. The summed E-state index contributed by atoms with van der Waals surface area (Å²) >= 11 is 0. The first kappa shape index (κ1) is 12.5. The monoisotopic (exact) mass is 233 g/mol. The molecule has 0 radical (unpaired) electrons. The number of aryl methyl sites for hydroxylation is 1. The maximum absolute atomic E-state index is 4.49. The predicted molar refractivity (Wildman–Crippen MR) is 70.9 cm³/mol. The summed E-state index contributed by atoms with van der Waals surface area (Å²) in [6, 6.07) is 4.72. The van der Waals surface area contributed by atoms with E-state index >= 15 is 0 Å². The molecule has 1 aliphatic rings. The Balaban J connectivity index is 2.10. The first-order valence-electron chi connectivity index (χ1n) is 6.37. The van der Waals surface area contributed by atoms with Crippen LogP contribution < -0.4 is 5.32 Å². The van der Waals surface area contributed by atoms with Gasteiger partial charge < -0.3 is 5.32 Å². The molecule has 17 heavy (non-hydrogen) atoms. The summed E-state index contributed by atoms with van der Waals surface area (Å²) in [5, 5.41) is 3.58. The Morgan fingerprint density at radius 1 is 1.53 bits per heavy atom. The van der Waals surface area contributed by atoms with Crippen molar-refractivity contribution in [2.45, 2.75) is 45.8 Å². The zero-order valence-electron chi connectivity index (χ0n) is 11.3. The van der Waals surface area contributed by atoms with E-state index in [0.717, 1.165) is 19.6 Å². The van der Waals surface area contributed by atoms with Crippen LogP contribution in [0.25, 0.3) is 0 Å². The third-order valence-corrected chi connectivity index (χ3v) is 3.57. The van der Waals surface area contributed by atoms with Gasteiger partial charge in [-0.3, -0.25) is 9.88 Å². The van der Waals surface area contributed by atoms with E-state index in [-0.39, 0.29) is 5.54 Å². The number of aromatic nitrogens is 1. The highest BCUT2D eigenvalue weighted by Gasteiger charge is 2.30. The van der Waals surface area contributed by atoms with E-state index in [9.17, 15) is 0 Å². The molecule has 94 valence electrons. The minimum absolute atomic E-state index is 0.204. The fourth-order valence-electron chi connectivity index (χ4n) is 2.36. The number of hydrogen-bond donors (Lipinski definition) is 1. The van der Waals surface area contributed by atoms with Gasteiger partial charge in [0, 0.05) is 37.4 Å². The quantitative estimate of drug-likeness (QED) is 0.846. The van der Waals surface area contributed by atoms with Gasteiger partial charge in [-0.05, 0) is 39.3 Å². The molecule has 3 nitrogen and oxygen atoms in total. The Kier molecular flexibility index (Phi) is 3.50. The van der Waals surface area contributed by atoms with Gasteiger partial charge in [-0.2, -0.15) is 0 Å². The van der Waals surface area contributed by atoms with E-state index in [1.54, 1.807) is 0 Å². The molecule has 0 aliphatic carbocycles. The number of piperazine rings is 1. The molecule has 0 saturated carbocycles. The summed E-state index contributed by atoms with van der Waals surface area (Å²) in [5.41, 5.74) is 2.70. The number of nitrogens with one attached hydrogen (secondary N) is 1. The second-order valence-electron chi connectivity index (χ2n) is 5.79. The molecule has 2 heterocycles. The fourth-order valence-corrected chi connectivity index (χ4v) is 2.36. The van der Waals surface area contributed by atoms with Crippen LogP contribution in [-0.2, 0) is 6.54 Å². The standard InChI is InChI=1S/C14H23N3/c1-11-6-5-7-15-13(11)9-17-10-14(3,4)16-8-12(17)2/h5-7,12,16H,8-10H2,1-4H3. The van der Waals surface area contributed by atoms with Gasteiger partial charge in [0.05, 0.1) is 5.69 Å². The minimum Gasteiger partial charge on any atom is -0.309 e. The zero-order chi connectivity index (χ0) is 12.5. The third kappa shape index (κ3) is 3.05. The summed E-state index contributed by atoms with van der Waals surface area (Å²) in [5.74, 6) is 0. The van der Waals surface area contributed by atoms with E-state index in [2.05, 4.69) is 49.0 Å². The van der Waals surface area contributed by atoms with Gasteiger partial charge in [0.25, 0.3) is 0 Å². The van der Waals surface area contributed by atoms with Gasteiger partial charge in [0.15, 0.2) is 0 Å². The Morgan fingerprint density at radius 2 is 2.29 bits per heavy atom. The van der Waals surface area contributed by atoms with Crippen LogP contribution >= 0.6 is 0 Å². The lowest BCUT2D eigenvalue weighted by atomic mass is 9.99. The molecule has 1 aromatic rings. The van der Waals surface area contributed by atoms with E-state index in [1.165, 1.54) is 11.3 Å². The van der Waals surface area contributed by atoms with Crippen molar-refractivity contribution in [3.05, 3.63) is 29.6 Å². The predicted octanol–water partition coefficient (Wildman–Crippen LogP) is 1.96. The lowest BCUT2D eigenvalue weighted by molar-refractivity contribution is 0.0963. The van der Waals surface area contributed by atoms with Crippen molar-refractivity contribution in [2.24, 2.45) is 0 Å². The Bertz CT molecular complexity index is 387. The molecule has 0 spiro atoms. The van der Waals surface area contributed by atoms with Crippen molar-refractivity contribution in [2.75, 3.05) is 13.1 Å². The molecule has 3 heteroatoms. The van der Waals surface area contributed by atoms with Gasteiger partial charge in [0.1, 0.15) is 0 Å². The van der Waals surface area contributed by atoms with Crippen LogP contribution in [0.15, 0.2) is 18.3 Å². The van der Waals surface area contributed by atoms with Crippen molar-refractivity contribution in [1.29, 1.82) is 0 Å². The molecule has 1 saturated heterocycles. The van der Waals surface area contributed by atoms with Gasteiger partial charge in [-0.1, -0.05) is 6.07 Å². The van der Waals surface area contributed by atoms with Gasteiger partial charge >= 0.3 is 0 Å². The topological polar surface area (TPSA) is 28.2 Å². The van der Waals surface area contributed by atoms with Crippen LogP contribution in [0.1, 0.15) is 32.0 Å². The molecule has 1 N–H and O–H groups in total. The molecule has 2 rings (SSSR count). The second kappa shape index (κ2) is 4.75. The smallest absolute Gasteiger partial charge is 0.0573 e. The molecule has 1 atom stereocenters. The maximum atomic E-state index is 4.49. The summed E-state index contributed by atoms with van der Waals surface area (Å²) in [4.78, 5) is 7.01. The minimum atomic E-state index is 0.204. The SMILES string of the molecule is Cc1cccnc1CN1CC(C)(C)NCC1C. The maximum Gasteiger partial charge on any atom is 0.0573 e. The highest BCUT2D eigenvalue weighted by Crippen LogP contribution is 2.18. The van der Waals surface area contributed by atoms with Crippen molar-refractivity contribution in [3.63, 3.8) is 0 Å². The van der Waals surface area contributed by atoms with Crippen molar-refractivity contribution in [3.8, 4) is 0 Å². The molecule has 0 aromatic carbocycles. The van der Waals surface area contributed by atoms with E-state index in [1.807, 2.05) is 12.3 Å². The van der Waals surface area contributed by atoms with Gasteiger partial charge in [0.2, 0.25) is 0 Å². The number of nitrogens with zero attached hydrogens (tertiary/aromatic N) is 2. The highest BCUT2D eigenvalue weighted by atomic mass is 15.2. The van der Waals surface area contributed by atoms with Gasteiger partial charge in [-0.25, -0.2) is 0 Å². The Morgan fingerprint density at radius 3 is 3.00 bits per heavy atom. The zero-order valence-corrected chi connectivity index (χ0v) is 11.3. The normalized spacial score (nSPS) is 24.8. The average molecular weight is 233 g/mol. The molecule has 1 unspecified atom stereocenters. The van der Waals surface area contributed by atoms with Crippen molar-refractivity contribution < 1.29 is 0 Å². The fraction of sp³-hybridized carbons (Fsp3) is 0.643. The lowest BCUT2D eigenvalue weighted by Gasteiger charge is -2.43. The lowest BCUT2D eigenvalue weighted by Crippen LogP contribution is -2.60. The number of rotatable bonds is 2. The van der Waals surface area contributed by atoms with Crippen LogP contribution in [-0.4, -0.2) is 34.6 Å². The van der Waals surface area contributed by atoms with E-state index in [0.29, 0.717) is 6.04 Å². The molecular formula is C14H23N3. The largest absolute Gasteiger partial charge is 0.309 e. The second-order valence-corrected chi connectivity index (χ2v) is 5.79. The summed E-state index contributed by atoms with van der Waals surface area (Å²) in [6.07, 6.45) is 1.89. The van der Waals surface area contributed by atoms with Crippen LogP contribution in [0.4, 0.5) is 0 Å². The van der Waals surface area contributed by atoms with Crippen molar-refractivity contribution >= 4 is 0 Å². The van der Waals surface area contributed by atoms with Crippen molar-refractivity contribution in [1.82, 2.24) is 15.2 Å². The first-order valence-corrected chi connectivity index (χ1v) is 6.37. The summed E-state index contributed by atoms with van der Waals surface area (Å²) in [6.45, 7) is 12.0. The highest BCUT2D eigenvalue weighted by molar-refractivity contribution is 5.17. The van der Waals surface area contributed by atoms with Crippen LogP contribution in [0.5, 0.6) is 0 Å². The molecular weight excluding hydrogens is 210 g/mol. The molecule has 1 aliphatic heterocycles. The summed E-state index contributed by atoms with van der Waals surface area (Å²) in [7, 11) is 0. The molecule has 0 bridgehead atoms. The molecule has 1 aromatic heterocycles. The Hall–Kier alpha value is -0.930. The average Bonchev–Trinajstić information content (AvgIpc) is 2.26. The van der Waals surface area contributed by atoms with E-state index < -0.39 is 0 Å². The molecule has 1 fully saturated rings. The van der Waals surface area contributed by atoms with E-state index in [4.69, 9.17) is 0 Å². The molecule has 0 amide bonds.